The van der Waals surface area contributed by atoms with Crippen LogP contribution in [0.1, 0.15) is 31.7 Å². The van der Waals surface area contributed by atoms with Crippen molar-refractivity contribution in [1.29, 1.82) is 0 Å². The Morgan fingerprint density at radius 2 is 2.00 bits per heavy atom. The molecule has 3 heteroatoms. The summed E-state index contributed by atoms with van der Waals surface area (Å²) in [5.74, 6) is 0.150. The van der Waals surface area contributed by atoms with Crippen molar-refractivity contribution < 1.29 is 4.79 Å². The van der Waals surface area contributed by atoms with Crippen LogP contribution >= 0.6 is 0 Å². The van der Waals surface area contributed by atoms with E-state index in [2.05, 4.69) is 12.1 Å². The standard InChI is InChI=1S/C15H24N2O/c1-3-14(16)12-15(18)17(2)11-7-10-13-8-5-4-6-9-13/h4-6,8-9,14H,3,7,10-12,16H2,1-2H3. The van der Waals surface area contributed by atoms with Crippen LogP contribution in [0.15, 0.2) is 30.3 Å². The molecular formula is C15H24N2O. The Labute approximate surface area is 110 Å². The SMILES string of the molecule is CCC(N)CC(=O)N(C)CCCc1ccccc1. The van der Waals surface area contributed by atoms with Gasteiger partial charge in [-0.1, -0.05) is 37.3 Å². The Bertz CT molecular complexity index is 351. The van der Waals surface area contributed by atoms with Crippen LogP contribution in [0.4, 0.5) is 0 Å². The third-order valence-corrected chi connectivity index (χ3v) is 3.19. The molecule has 3 nitrogen and oxygen atoms in total. The number of rotatable bonds is 7. The van der Waals surface area contributed by atoms with Gasteiger partial charge in [0.05, 0.1) is 0 Å². The normalized spacial score (nSPS) is 12.2. The van der Waals surface area contributed by atoms with E-state index in [9.17, 15) is 4.79 Å². The molecule has 18 heavy (non-hydrogen) atoms. The summed E-state index contributed by atoms with van der Waals surface area (Å²) >= 11 is 0. The summed E-state index contributed by atoms with van der Waals surface area (Å²) in [5.41, 5.74) is 7.11. The molecule has 0 aliphatic carbocycles. The number of aryl methyl sites for hydroxylation is 1. The second kappa shape index (κ2) is 7.88. The van der Waals surface area contributed by atoms with Gasteiger partial charge in [0, 0.05) is 26.1 Å². The lowest BCUT2D eigenvalue weighted by Gasteiger charge is -2.19. The van der Waals surface area contributed by atoms with Crippen LogP contribution in [0.25, 0.3) is 0 Å². The molecule has 1 unspecified atom stereocenters. The van der Waals surface area contributed by atoms with Crippen LogP contribution in [-0.4, -0.2) is 30.4 Å². The molecule has 1 aromatic rings. The van der Waals surface area contributed by atoms with Crippen molar-refractivity contribution in [2.24, 2.45) is 5.73 Å². The largest absolute Gasteiger partial charge is 0.346 e. The van der Waals surface area contributed by atoms with Gasteiger partial charge in [-0.2, -0.15) is 0 Å². The molecule has 0 saturated heterocycles. The molecular weight excluding hydrogens is 224 g/mol. The highest BCUT2D eigenvalue weighted by Crippen LogP contribution is 2.04. The predicted octanol–water partition coefficient (Wildman–Crippen LogP) is 2.21. The van der Waals surface area contributed by atoms with Crippen molar-refractivity contribution in [3.8, 4) is 0 Å². The Morgan fingerprint density at radius 1 is 1.33 bits per heavy atom. The lowest BCUT2D eigenvalue weighted by atomic mass is 10.1. The number of benzene rings is 1. The van der Waals surface area contributed by atoms with E-state index in [1.807, 2.05) is 32.2 Å². The first kappa shape index (κ1) is 14.7. The van der Waals surface area contributed by atoms with Crippen molar-refractivity contribution in [3.05, 3.63) is 35.9 Å². The molecule has 0 saturated carbocycles. The number of hydrogen-bond donors (Lipinski definition) is 1. The molecule has 0 aromatic heterocycles. The highest BCUT2D eigenvalue weighted by Gasteiger charge is 2.11. The zero-order chi connectivity index (χ0) is 13.4. The first-order chi connectivity index (χ1) is 8.63. The van der Waals surface area contributed by atoms with Gasteiger partial charge in [-0.25, -0.2) is 0 Å². The molecule has 0 aliphatic rings. The van der Waals surface area contributed by atoms with Crippen molar-refractivity contribution in [2.45, 2.75) is 38.6 Å². The Morgan fingerprint density at radius 3 is 2.61 bits per heavy atom. The molecule has 0 bridgehead atoms. The molecule has 0 spiro atoms. The molecule has 0 radical (unpaired) electrons. The fourth-order valence-electron chi connectivity index (χ4n) is 1.81. The number of amides is 1. The summed E-state index contributed by atoms with van der Waals surface area (Å²) in [6.45, 7) is 2.80. The van der Waals surface area contributed by atoms with E-state index in [1.54, 1.807) is 4.90 Å². The van der Waals surface area contributed by atoms with Gasteiger partial charge in [0.15, 0.2) is 0 Å². The lowest BCUT2D eigenvalue weighted by molar-refractivity contribution is -0.130. The van der Waals surface area contributed by atoms with Crippen LogP contribution in [-0.2, 0) is 11.2 Å². The van der Waals surface area contributed by atoms with Crippen LogP contribution < -0.4 is 5.73 Å². The fourth-order valence-corrected chi connectivity index (χ4v) is 1.81. The van der Waals surface area contributed by atoms with Crippen LogP contribution in [0.2, 0.25) is 0 Å². The van der Waals surface area contributed by atoms with E-state index < -0.39 is 0 Å². The van der Waals surface area contributed by atoms with Crippen molar-refractivity contribution in [1.82, 2.24) is 4.90 Å². The first-order valence-electron chi connectivity index (χ1n) is 6.67. The molecule has 0 heterocycles. The van der Waals surface area contributed by atoms with Crippen molar-refractivity contribution in [2.75, 3.05) is 13.6 Å². The minimum atomic E-state index is -0.00549. The Balaban J connectivity index is 2.24. The van der Waals surface area contributed by atoms with E-state index in [0.29, 0.717) is 6.42 Å². The maximum Gasteiger partial charge on any atom is 0.223 e. The molecule has 1 atom stereocenters. The summed E-state index contributed by atoms with van der Waals surface area (Å²) in [6, 6.07) is 10.3. The highest BCUT2D eigenvalue weighted by molar-refractivity contribution is 5.76. The fraction of sp³-hybridized carbons (Fsp3) is 0.533. The van der Waals surface area contributed by atoms with Gasteiger partial charge in [0.1, 0.15) is 0 Å². The number of nitrogens with zero attached hydrogens (tertiary/aromatic N) is 1. The Hall–Kier alpha value is -1.35. The van der Waals surface area contributed by atoms with E-state index in [4.69, 9.17) is 5.73 Å². The van der Waals surface area contributed by atoms with E-state index in [-0.39, 0.29) is 11.9 Å². The third kappa shape index (κ3) is 5.32. The van der Waals surface area contributed by atoms with Gasteiger partial charge < -0.3 is 10.6 Å². The van der Waals surface area contributed by atoms with Crippen LogP contribution in [0.3, 0.4) is 0 Å². The molecule has 2 N–H and O–H groups in total. The molecule has 0 fully saturated rings. The quantitative estimate of drug-likeness (QED) is 0.804. The zero-order valence-electron chi connectivity index (χ0n) is 11.4. The molecule has 1 rings (SSSR count). The second-order valence-corrected chi connectivity index (χ2v) is 4.78. The van der Waals surface area contributed by atoms with Crippen LogP contribution in [0.5, 0.6) is 0 Å². The maximum atomic E-state index is 11.8. The minimum Gasteiger partial charge on any atom is -0.346 e. The van der Waals surface area contributed by atoms with E-state index in [1.165, 1.54) is 5.56 Å². The van der Waals surface area contributed by atoms with E-state index >= 15 is 0 Å². The van der Waals surface area contributed by atoms with Crippen molar-refractivity contribution >= 4 is 5.91 Å². The van der Waals surface area contributed by atoms with Crippen molar-refractivity contribution in [3.63, 3.8) is 0 Å². The average molecular weight is 248 g/mol. The summed E-state index contributed by atoms with van der Waals surface area (Å²) in [6.07, 6.45) is 3.31. The number of nitrogens with two attached hydrogens (primary N) is 1. The maximum absolute atomic E-state index is 11.8. The van der Waals surface area contributed by atoms with Gasteiger partial charge in [-0.3, -0.25) is 4.79 Å². The lowest BCUT2D eigenvalue weighted by Crippen LogP contribution is -2.33. The van der Waals surface area contributed by atoms with Crippen LogP contribution in [0, 0.1) is 0 Å². The topological polar surface area (TPSA) is 46.3 Å². The minimum absolute atomic E-state index is 0.00549. The summed E-state index contributed by atoms with van der Waals surface area (Å²) in [7, 11) is 1.86. The summed E-state index contributed by atoms with van der Waals surface area (Å²) in [4.78, 5) is 13.6. The number of carbonyl (C=O) groups excluding carboxylic acids is 1. The highest BCUT2D eigenvalue weighted by atomic mass is 16.2. The first-order valence-corrected chi connectivity index (χ1v) is 6.67. The van der Waals surface area contributed by atoms with Gasteiger partial charge in [0.2, 0.25) is 5.91 Å². The summed E-state index contributed by atoms with van der Waals surface area (Å²) < 4.78 is 0. The Kier molecular flexibility index (Phi) is 6.44. The monoisotopic (exact) mass is 248 g/mol. The number of carbonyl (C=O) groups is 1. The average Bonchev–Trinajstić information content (AvgIpc) is 2.39. The molecule has 0 aliphatic heterocycles. The smallest absolute Gasteiger partial charge is 0.223 e. The van der Waals surface area contributed by atoms with E-state index in [0.717, 1.165) is 25.8 Å². The summed E-state index contributed by atoms with van der Waals surface area (Å²) in [5, 5.41) is 0. The van der Waals surface area contributed by atoms with Gasteiger partial charge in [0.25, 0.3) is 0 Å². The van der Waals surface area contributed by atoms with Gasteiger partial charge in [-0.15, -0.1) is 0 Å². The molecule has 1 aromatic carbocycles. The third-order valence-electron chi connectivity index (χ3n) is 3.19. The van der Waals surface area contributed by atoms with Gasteiger partial charge in [-0.05, 0) is 24.8 Å². The second-order valence-electron chi connectivity index (χ2n) is 4.78. The molecule has 1 amide bonds. The number of hydrogen-bond acceptors (Lipinski definition) is 2. The zero-order valence-corrected chi connectivity index (χ0v) is 11.4. The predicted molar refractivity (Wildman–Crippen MR) is 75.3 cm³/mol. The van der Waals surface area contributed by atoms with Gasteiger partial charge >= 0.3 is 0 Å². The molecule has 100 valence electrons.